The maximum Gasteiger partial charge on any atom is 0.275 e. The van der Waals surface area contributed by atoms with E-state index in [1.165, 1.54) is 5.56 Å². The zero-order valence-electron chi connectivity index (χ0n) is 16.2. The number of hydrogen-bond donors (Lipinski definition) is 1. The highest BCUT2D eigenvalue weighted by atomic mass is 79.9. The van der Waals surface area contributed by atoms with E-state index < -0.39 is 5.72 Å². The summed E-state index contributed by atoms with van der Waals surface area (Å²) < 4.78 is 8.44. The van der Waals surface area contributed by atoms with Gasteiger partial charge in [0.15, 0.2) is 6.54 Å². The first-order chi connectivity index (χ1) is 14.1. The number of amidine groups is 1. The molecule has 4 nitrogen and oxygen atoms in total. The number of para-hydroxylation sites is 1. The second-order valence-electron chi connectivity index (χ2n) is 7.49. The fraction of sp³-hybridized carbons (Fsp3) is 0.208. The van der Waals surface area contributed by atoms with Crippen LogP contribution in [0.2, 0.25) is 0 Å². The van der Waals surface area contributed by atoms with Crippen LogP contribution >= 0.6 is 15.9 Å². The van der Waals surface area contributed by atoms with E-state index in [-0.39, 0.29) is 0 Å². The van der Waals surface area contributed by atoms with Crippen LogP contribution in [-0.2, 0) is 12.1 Å². The van der Waals surface area contributed by atoms with Crippen molar-refractivity contribution in [3.8, 4) is 5.75 Å². The lowest BCUT2D eigenvalue weighted by Gasteiger charge is -2.26. The average molecular weight is 450 g/mol. The topological polar surface area (TPSA) is 35.7 Å². The maximum atomic E-state index is 12.1. The Morgan fingerprint density at radius 3 is 2.41 bits per heavy atom. The first-order valence-electron chi connectivity index (χ1n) is 9.74. The Morgan fingerprint density at radius 1 is 0.966 bits per heavy atom. The molecule has 29 heavy (non-hydrogen) atoms. The molecular formula is C24H22BrN2O2+. The summed E-state index contributed by atoms with van der Waals surface area (Å²) in [5, 5.41) is 12.1. The third-order valence-electron chi connectivity index (χ3n) is 5.86. The molecule has 0 saturated carbocycles. The van der Waals surface area contributed by atoms with Crippen LogP contribution < -0.4 is 9.64 Å². The van der Waals surface area contributed by atoms with E-state index >= 15 is 0 Å². The van der Waals surface area contributed by atoms with Crippen LogP contribution in [0.5, 0.6) is 5.75 Å². The molecule has 0 aromatic heterocycles. The van der Waals surface area contributed by atoms with Crippen molar-refractivity contribution in [1.29, 1.82) is 0 Å². The summed E-state index contributed by atoms with van der Waals surface area (Å²) in [6, 6.07) is 24.4. The monoisotopic (exact) mass is 449 g/mol. The van der Waals surface area contributed by atoms with Crippen LogP contribution in [-0.4, -0.2) is 29.2 Å². The molecule has 2 heterocycles. The van der Waals surface area contributed by atoms with Crippen LogP contribution in [0.3, 0.4) is 0 Å². The highest BCUT2D eigenvalue weighted by Gasteiger charge is 2.54. The van der Waals surface area contributed by atoms with Crippen molar-refractivity contribution in [1.82, 2.24) is 0 Å². The number of halogens is 1. The molecule has 3 aromatic carbocycles. The first-order valence-corrected chi connectivity index (χ1v) is 10.5. The molecule has 0 amide bonds. The van der Waals surface area contributed by atoms with Gasteiger partial charge in [-0.15, -0.1) is 0 Å². The molecule has 1 N–H and O–H groups in total. The van der Waals surface area contributed by atoms with Gasteiger partial charge in [0.2, 0.25) is 0 Å². The summed E-state index contributed by atoms with van der Waals surface area (Å²) in [7, 11) is 1.67. The summed E-state index contributed by atoms with van der Waals surface area (Å²) in [6.07, 6.45) is 1.84. The lowest BCUT2D eigenvalue weighted by molar-refractivity contribution is -0.594. The summed E-state index contributed by atoms with van der Waals surface area (Å²) in [4.78, 5) is 2.23. The number of β-amino-alcohol motifs (C(OH)–C–C–N with tert-alkyl or cyclic N) is 1. The molecular weight excluding hydrogens is 428 g/mol. The van der Waals surface area contributed by atoms with Gasteiger partial charge in [-0.05, 0) is 54.4 Å². The second-order valence-corrected chi connectivity index (χ2v) is 8.40. The van der Waals surface area contributed by atoms with Gasteiger partial charge in [-0.1, -0.05) is 46.3 Å². The Balaban J connectivity index is 1.68. The normalized spacial score (nSPS) is 20.4. The first kappa shape index (κ1) is 18.4. The number of rotatable bonds is 3. The van der Waals surface area contributed by atoms with Crippen molar-refractivity contribution >= 4 is 33.1 Å². The minimum atomic E-state index is -1.15. The van der Waals surface area contributed by atoms with E-state index in [1.54, 1.807) is 7.11 Å². The summed E-state index contributed by atoms with van der Waals surface area (Å²) in [5.74, 6) is 1.95. The van der Waals surface area contributed by atoms with Crippen LogP contribution in [0, 0.1) is 0 Å². The Labute approximate surface area is 178 Å². The Hall–Kier alpha value is -2.63. The molecule has 0 radical (unpaired) electrons. The molecule has 146 valence electrons. The molecule has 0 bridgehead atoms. The predicted octanol–water partition coefficient (Wildman–Crippen LogP) is 4.81. The fourth-order valence-electron chi connectivity index (χ4n) is 4.43. The van der Waals surface area contributed by atoms with Crippen LogP contribution in [0.25, 0.3) is 0 Å². The third kappa shape index (κ3) is 2.96. The molecule has 2 aliphatic heterocycles. The van der Waals surface area contributed by atoms with E-state index in [4.69, 9.17) is 4.74 Å². The molecule has 5 heteroatoms. The number of fused-ring (bicyclic) bond motifs is 2. The van der Waals surface area contributed by atoms with E-state index in [2.05, 4.69) is 55.7 Å². The minimum absolute atomic E-state index is 0.463. The SMILES string of the molecule is COc1ccc(N2C[C@](O)(c3ccc(Br)cc3)[N+]3=C2CCc2ccccc23)cc1. The van der Waals surface area contributed by atoms with Gasteiger partial charge in [0.1, 0.15) is 17.1 Å². The van der Waals surface area contributed by atoms with E-state index in [1.807, 2.05) is 42.5 Å². The molecule has 5 rings (SSSR count). The standard InChI is InChI=1S/C24H22BrN2O2/c1-29-21-13-11-20(12-14-21)26-16-24(28,18-7-9-19(25)10-8-18)27-22-5-3-2-4-17(22)6-15-23(26)27/h2-5,7-14,28H,6,15-16H2,1H3/q+1/t24-/m0/s1. The molecule has 0 spiro atoms. The molecule has 0 fully saturated rings. The van der Waals surface area contributed by atoms with Crippen molar-refractivity contribution in [3.05, 3.63) is 88.4 Å². The average Bonchev–Trinajstić information content (AvgIpc) is 3.08. The van der Waals surface area contributed by atoms with E-state index in [0.717, 1.165) is 45.8 Å². The van der Waals surface area contributed by atoms with Gasteiger partial charge >= 0.3 is 0 Å². The van der Waals surface area contributed by atoms with E-state index in [0.29, 0.717) is 6.54 Å². The number of ether oxygens (including phenoxy) is 1. The Kier molecular flexibility index (Phi) is 4.45. The van der Waals surface area contributed by atoms with Crippen LogP contribution in [0.15, 0.2) is 77.3 Å². The Bertz CT molecular complexity index is 1090. The van der Waals surface area contributed by atoms with Crippen molar-refractivity contribution in [3.63, 3.8) is 0 Å². The van der Waals surface area contributed by atoms with Gasteiger partial charge in [0.25, 0.3) is 11.6 Å². The maximum absolute atomic E-state index is 12.1. The van der Waals surface area contributed by atoms with Gasteiger partial charge in [-0.3, -0.25) is 0 Å². The summed E-state index contributed by atoms with van der Waals surface area (Å²) >= 11 is 3.51. The van der Waals surface area contributed by atoms with Crippen molar-refractivity contribution in [2.24, 2.45) is 0 Å². The number of methoxy groups -OCH3 is 1. The van der Waals surface area contributed by atoms with Gasteiger partial charge < -0.3 is 9.84 Å². The lowest BCUT2D eigenvalue weighted by Crippen LogP contribution is -2.39. The molecule has 0 aliphatic carbocycles. The van der Waals surface area contributed by atoms with Crippen LogP contribution in [0.4, 0.5) is 11.4 Å². The smallest absolute Gasteiger partial charge is 0.275 e. The minimum Gasteiger partial charge on any atom is -0.497 e. The van der Waals surface area contributed by atoms with Crippen molar-refractivity contribution < 1.29 is 14.4 Å². The van der Waals surface area contributed by atoms with Crippen molar-refractivity contribution in [2.75, 3.05) is 18.6 Å². The number of benzene rings is 3. The largest absolute Gasteiger partial charge is 0.497 e. The Morgan fingerprint density at radius 2 is 1.69 bits per heavy atom. The lowest BCUT2D eigenvalue weighted by atomic mass is 9.98. The van der Waals surface area contributed by atoms with Gasteiger partial charge in [0, 0.05) is 10.0 Å². The molecule has 0 saturated heterocycles. The predicted molar refractivity (Wildman–Crippen MR) is 118 cm³/mol. The van der Waals surface area contributed by atoms with E-state index in [9.17, 15) is 5.11 Å². The highest BCUT2D eigenvalue weighted by molar-refractivity contribution is 9.10. The number of hydrogen-bond acceptors (Lipinski definition) is 3. The zero-order chi connectivity index (χ0) is 20.0. The molecule has 3 aromatic rings. The second kappa shape index (κ2) is 7.01. The van der Waals surface area contributed by atoms with Crippen LogP contribution in [0.1, 0.15) is 17.5 Å². The molecule has 1 atom stereocenters. The van der Waals surface area contributed by atoms with Gasteiger partial charge in [-0.25, -0.2) is 4.90 Å². The summed E-state index contributed by atoms with van der Waals surface area (Å²) in [5.41, 5.74) is 3.13. The zero-order valence-corrected chi connectivity index (χ0v) is 17.8. The quantitative estimate of drug-likeness (QED) is 0.582. The number of aryl methyl sites for hydroxylation is 1. The molecule has 0 unspecified atom stereocenters. The van der Waals surface area contributed by atoms with Gasteiger partial charge in [-0.2, -0.15) is 4.58 Å². The number of aliphatic hydroxyl groups is 1. The third-order valence-corrected chi connectivity index (χ3v) is 6.39. The van der Waals surface area contributed by atoms with Gasteiger partial charge in [0.05, 0.1) is 13.5 Å². The molecule has 2 aliphatic rings. The van der Waals surface area contributed by atoms with Crippen molar-refractivity contribution in [2.45, 2.75) is 18.6 Å². The summed E-state index contributed by atoms with van der Waals surface area (Å²) in [6.45, 7) is 0.463. The highest BCUT2D eigenvalue weighted by Crippen LogP contribution is 2.42. The fourth-order valence-corrected chi connectivity index (χ4v) is 4.69. The number of nitrogens with zero attached hydrogens (tertiary/aromatic N) is 2. The number of anilines is 1.